The number of ether oxygens (including phenoxy) is 1. The second kappa shape index (κ2) is 6.05. The molecule has 0 amide bonds. The Kier molecular flexibility index (Phi) is 5.00. The monoisotopic (exact) mass is 257 g/mol. The molecule has 1 N–H and O–H groups in total. The molecule has 5 heteroatoms. The van der Waals surface area contributed by atoms with Crippen LogP contribution in [0.25, 0.3) is 0 Å². The van der Waals surface area contributed by atoms with Crippen LogP contribution in [-0.2, 0) is 0 Å². The van der Waals surface area contributed by atoms with Crippen LogP contribution in [-0.4, -0.2) is 28.0 Å². The van der Waals surface area contributed by atoms with E-state index in [0.29, 0.717) is 18.4 Å². The summed E-state index contributed by atoms with van der Waals surface area (Å²) in [4.78, 5) is 8.35. The van der Waals surface area contributed by atoms with E-state index in [1.165, 1.54) is 6.33 Å². The lowest BCUT2D eigenvalue weighted by atomic mass is 10.0. The molecule has 0 aliphatic heterocycles. The molecule has 0 aliphatic rings. The fraction of sp³-hybridized carbons (Fsp3) is 0.667. The second-order valence-corrected chi connectivity index (χ2v) is 4.91. The SMILES string of the molecule is CCOc1ncnc(NC(C)(C)CCCl)c1C. The Morgan fingerprint density at radius 2 is 2.12 bits per heavy atom. The van der Waals surface area contributed by atoms with Gasteiger partial charge in [0.25, 0.3) is 0 Å². The maximum absolute atomic E-state index is 5.78. The van der Waals surface area contributed by atoms with Crippen molar-refractivity contribution in [1.29, 1.82) is 0 Å². The van der Waals surface area contributed by atoms with Crippen molar-refractivity contribution in [2.24, 2.45) is 0 Å². The fourth-order valence-corrected chi connectivity index (χ4v) is 1.93. The highest BCUT2D eigenvalue weighted by Crippen LogP contribution is 2.24. The molecular weight excluding hydrogens is 238 g/mol. The average molecular weight is 258 g/mol. The molecule has 0 spiro atoms. The number of halogens is 1. The highest BCUT2D eigenvalue weighted by molar-refractivity contribution is 6.17. The molecule has 0 saturated heterocycles. The highest BCUT2D eigenvalue weighted by Gasteiger charge is 2.19. The molecule has 1 heterocycles. The lowest BCUT2D eigenvalue weighted by Gasteiger charge is -2.27. The molecule has 0 atom stereocenters. The molecule has 96 valence electrons. The summed E-state index contributed by atoms with van der Waals surface area (Å²) in [5.74, 6) is 2.05. The third-order valence-electron chi connectivity index (χ3n) is 2.50. The van der Waals surface area contributed by atoms with Crippen molar-refractivity contribution in [3.05, 3.63) is 11.9 Å². The summed E-state index contributed by atoms with van der Waals surface area (Å²) in [6.45, 7) is 8.67. The van der Waals surface area contributed by atoms with Gasteiger partial charge >= 0.3 is 0 Å². The number of alkyl halides is 1. The topological polar surface area (TPSA) is 47.0 Å². The van der Waals surface area contributed by atoms with Gasteiger partial charge in [-0.2, -0.15) is 0 Å². The molecule has 1 aromatic rings. The molecule has 17 heavy (non-hydrogen) atoms. The average Bonchev–Trinajstić information content (AvgIpc) is 2.24. The number of nitrogens with one attached hydrogen (secondary N) is 1. The van der Waals surface area contributed by atoms with Crippen LogP contribution in [0.5, 0.6) is 5.88 Å². The van der Waals surface area contributed by atoms with Crippen molar-refractivity contribution in [1.82, 2.24) is 9.97 Å². The minimum Gasteiger partial charge on any atom is -0.478 e. The molecule has 1 rings (SSSR count). The van der Waals surface area contributed by atoms with Gasteiger partial charge in [-0.05, 0) is 34.1 Å². The van der Waals surface area contributed by atoms with Crippen molar-refractivity contribution < 1.29 is 4.74 Å². The van der Waals surface area contributed by atoms with E-state index in [4.69, 9.17) is 16.3 Å². The lowest BCUT2D eigenvalue weighted by molar-refractivity contribution is 0.323. The third-order valence-corrected chi connectivity index (χ3v) is 2.68. The molecule has 0 aliphatic carbocycles. The minimum atomic E-state index is -0.0929. The van der Waals surface area contributed by atoms with Crippen LogP contribution in [0.15, 0.2) is 6.33 Å². The van der Waals surface area contributed by atoms with Gasteiger partial charge in [-0.25, -0.2) is 9.97 Å². The summed E-state index contributed by atoms with van der Waals surface area (Å²) in [7, 11) is 0. The molecule has 1 aromatic heterocycles. The highest BCUT2D eigenvalue weighted by atomic mass is 35.5. The van der Waals surface area contributed by atoms with Crippen LogP contribution < -0.4 is 10.1 Å². The first kappa shape index (κ1) is 14.0. The maximum Gasteiger partial charge on any atom is 0.221 e. The Bertz CT molecular complexity index is 369. The van der Waals surface area contributed by atoms with Crippen molar-refractivity contribution >= 4 is 17.4 Å². The van der Waals surface area contributed by atoms with Crippen molar-refractivity contribution in [3.8, 4) is 5.88 Å². The smallest absolute Gasteiger partial charge is 0.221 e. The first-order chi connectivity index (χ1) is 8.00. The normalized spacial score (nSPS) is 11.4. The van der Waals surface area contributed by atoms with E-state index < -0.39 is 0 Å². The van der Waals surface area contributed by atoms with Crippen LogP contribution >= 0.6 is 11.6 Å². The zero-order valence-corrected chi connectivity index (χ0v) is 11.6. The van der Waals surface area contributed by atoms with E-state index in [0.717, 1.165) is 17.8 Å². The number of nitrogens with zero attached hydrogens (tertiary/aromatic N) is 2. The molecule has 4 nitrogen and oxygen atoms in total. The van der Waals surface area contributed by atoms with Gasteiger partial charge in [0.15, 0.2) is 0 Å². The van der Waals surface area contributed by atoms with Gasteiger partial charge in [0.05, 0.1) is 12.2 Å². The van der Waals surface area contributed by atoms with Gasteiger partial charge in [0.1, 0.15) is 12.1 Å². The molecular formula is C12H20ClN3O. The van der Waals surface area contributed by atoms with E-state index in [9.17, 15) is 0 Å². The summed E-state index contributed by atoms with van der Waals surface area (Å²) in [5.41, 5.74) is 0.835. The van der Waals surface area contributed by atoms with Crippen LogP contribution in [0, 0.1) is 6.92 Å². The van der Waals surface area contributed by atoms with Gasteiger partial charge in [-0.1, -0.05) is 0 Å². The number of hydrogen-bond acceptors (Lipinski definition) is 4. The van der Waals surface area contributed by atoms with E-state index >= 15 is 0 Å². The number of rotatable bonds is 6. The summed E-state index contributed by atoms with van der Waals surface area (Å²) >= 11 is 5.78. The minimum absolute atomic E-state index is 0.0929. The Hall–Kier alpha value is -1.03. The van der Waals surface area contributed by atoms with Gasteiger partial charge in [0.2, 0.25) is 5.88 Å². The second-order valence-electron chi connectivity index (χ2n) is 4.53. The fourth-order valence-electron chi connectivity index (χ4n) is 1.46. The number of hydrogen-bond donors (Lipinski definition) is 1. The van der Waals surface area contributed by atoms with Crippen molar-refractivity contribution in [2.75, 3.05) is 17.8 Å². The van der Waals surface area contributed by atoms with Crippen molar-refractivity contribution in [3.63, 3.8) is 0 Å². The molecule has 0 aromatic carbocycles. The van der Waals surface area contributed by atoms with Crippen LogP contribution in [0.4, 0.5) is 5.82 Å². The van der Waals surface area contributed by atoms with Gasteiger partial charge < -0.3 is 10.1 Å². The maximum atomic E-state index is 5.78. The van der Waals surface area contributed by atoms with E-state index in [2.05, 4.69) is 29.1 Å². The zero-order valence-electron chi connectivity index (χ0n) is 10.9. The van der Waals surface area contributed by atoms with Gasteiger partial charge in [-0.15, -0.1) is 11.6 Å². The van der Waals surface area contributed by atoms with Crippen LogP contribution in [0.2, 0.25) is 0 Å². The quantitative estimate of drug-likeness (QED) is 0.796. The summed E-state index contributed by atoms with van der Waals surface area (Å²) in [6.07, 6.45) is 2.37. The first-order valence-corrected chi connectivity index (χ1v) is 6.32. The van der Waals surface area contributed by atoms with E-state index in [1.54, 1.807) is 0 Å². The summed E-state index contributed by atoms with van der Waals surface area (Å²) in [5, 5.41) is 3.37. The molecule has 0 fully saturated rings. The Balaban J connectivity index is 2.87. The molecule has 0 unspecified atom stereocenters. The summed E-state index contributed by atoms with van der Waals surface area (Å²) < 4.78 is 5.43. The number of anilines is 1. The Labute approximate surface area is 108 Å². The molecule has 0 bridgehead atoms. The van der Waals surface area contributed by atoms with Crippen LogP contribution in [0.1, 0.15) is 32.8 Å². The van der Waals surface area contributed by atoms with Crippen LogP contribution in [0.3, 0.4) is 0 Å². The Morgan fingerprint density at radius 1 is 1.41 bits per heavy atom. The van der Waals surface area contributed by atoms with Gasteiger partial charge in [-0.3, -0.25) is 0 Å². The molecule has 0 saturated carbocycles. The standard InChI is InChI=1S/C12H20ClN3O/c1-5-17-11-9(2)10(14-8-15-11)16-12(3,4)6-7-13/h8H,5-7H2,1-4H3,(H,14,15,16). The predicted molar refractivity (Wildman–Crippen MR) is 71.0 cm³/mol. The first-order valence-electron chi connectivity index (χ1n) is 5.78. The summed E-state index contributed by atoms with van der Waals surface area (Å²) in [6, 6.07) is 0. The Morgan fingerprint density at radius 3 is 2.71 bits per heavy atom. The lowest BCUT2D eigenvalue weighted by Crippen LogP contribution is -2.32. The van der Waals surface area contributed by atoms with E-state index in [1.807, 2.05) is 13.8 Å². The zero-order chi connectivity index (χ0) is 12.9. The number of aromatic nitrogens is 2. The van der Waals surface area contributed by atoms with Crippen molar-refractivity contribution in [2.45, 2.75) is 39.7 Å². The van der Waals surface area contributed by atoms with Gasteiger partial charge in [0, 0.05) is 11.4 Å². The third kappa shape index (κ3) is 4.04. The molecule has 0 radical (unpaired) electrons. The van der Waals surface area contributed by atoms with E-state index in [-0.39, 0.29) is 5.54 Å². The largest absolute Gasteiger partial charge is 0.478 e. The predicted octanol–water partition coefficient (Wildman–Crippen LogP) is 3.00.